The Hall–Kier alpha value is -2.52. The van der Waals surface area contributed by atoms with Gasteiger partial charge in [0.25, 0.3) is 0 Å². The van der Waals surface area contributed by atoms with Crippen LogP contribution in [0.2, 0.25) is 5.02 Å². The number of nitrogens with zero attached hydrogens (tertiary/aromatic N) is 4. The maximum atomic E-state index is 12.6. The lowest BCUT2D eigenvalue weighted by molar-refractivity contribution is -0.0498. The summed E-state index contributed by atoms with van der Waals surface area (Å²) in [6.45, 7) is -1.19. The van der Waals surface area contributed by atoms with Crippen molar-refractivity contribution in [2.75, 3.05) is 0 Å². The van der Waals surface area contributed by atoms with Gasteiger partial charge in [-0.1, -0.05) is 23.4 Å². The van der Waals surface area contributed by atoms with Gasteiger partial charge in [0, 0.05) is 10.6 Å². The van der Waals surface area contributed by atoms with Crippen LogP contribution in [0.5, 0.6) is 5.75 Å². The first-order valence-electron chi connectivity index (χ1n) is 7.74. The van der Waals surface area contributed by atoms with Crippen molar-refractivity contribution >= 4 is 29.1 Å². The highest BCUT2D eigenvalue weighted by Crippen LogP contribution is 2.26. The molecule has 2 aromatic carbocycles. The van der Waals surface area contributed by atoms with Crippen LogP contribution in [0.3, 0.4) is 0 Å². The summed E-state index contributed by atoms with van der Waals surface area (Å²) in [7, 11) is 0. The maximum absolute atomic E-state index is 12.6. The van der Waals surface area contributed by atoms with Crippen molar-refractivity contribution in [1.29, 1.82) is 0 Å². The predicted molar refractivity (Wildman–Crippen MR) is 96.9 cm³/mol. The summed E-state index contributed by atoms with van der Waals surface area (Å²) in [5.74, 6) is -0.192. The Kier molecular flexibility index (Phi) is 6.02. The van der Waals surface area contributed by atoms with Gasteiger partial charge in [0.1, 0.15) is 5.75 Å². The molecule has 0 aliphatic carbocycles. The molecule has 0 spiro atoms. The third-order valence-corrected chi connectivity index (χ3v) is 4.81. The Morgan fingerprint density at radius 3 is 2.44 bits per heavy atom. The Balaban J connectivity index is 1.72. The molecule has 3 rings (SSSR count). The number of tetrazole rings is 1. The lowest BCUT2D eigenvalue weighted by Crippen LogP contribution is -2.14. The highest BCUT2D eigenvalue weighted by molar-refractivity contribution is 8.00. The van der Waals surface area contributed by atoms with Gasteiger partial charge in [-0.25, -0.2) is 0 Å². The molecule has 10 heteroatoms. The minimum absolute atomic E-state index is 0.00598. The fraction of sp³-hybridized carbons (Fsp3) is 0.176. The van der Waals surface area contributed by atoms with E-state index in [4.69, 9.17) is 11.6 Å². The van der Waals surface area contributed by atoms with Crippen LogP contribution in [0.4, 0.5) is 8.78 Å². The molecule has 0 aliphatic heterocycles. The summed E-state index contributed by atoms with van der Waals surface area (Å²) in [5, 5.41) is 12.1. The normalized spacial score (nSPS) is 12.2. The second-order valence-corrected chi connectivity index (χ2v) is 7.12. The summed E-state index contributed by atoms with van der Waals surface area (Å²) in [4.78, 5) is 12.6. The average molecular weight is 411 g/mol. The Labute approximate surface area is 162 Å². The third kappa shape index (κ3) is 4.81. The highest BCUT2D eigenvalue weighted by atomic mass is 35.5. The summed E-state index contributed by atoms with van der Waals surface area (Å²) >= 11 is 7.07. The van der Waals surface area contributed by atoms with Gasteiger partial charge < -0.3 is 4.74 Å². The van der Waals surface area contributed by atoms with Gasteiger partial charge in [-0.05, 0) is 65.9 Å². The van der Waals surface area contributed by atoms with E-state index in [0.717, 1.165) is 0 Å². The SMILES string of the molecule is C[C@H](Sc1nnnn1-c1ccc(Cl)cc1)C(=O)c1ccc(OC(F)F)cc1. The fourth-order valence-corrected chi connectivity index (χ4v) is 3.25. The number of hydrogen-bond acceptors (Lipinski definition) is 6. The van der Waals surface area contributed by atoms with Gasteiger partial charge in [0.15, 0.2) is 5.78 Å². The van der Waals surface area contributed by atoms with Crippen LogP contribution in [0.25, 0.3) is 5.69 Å². The maximum Gasteiger partial charge on any atom is 0.387 e. The molecule has 27 heavy (non-hydrogen) atoms. The van der Waals surface area contributed by atoms with Crippen molar-refractivity contribution in [1.82, 2.24) is 20.2 Å². The van der Waals surface area contributed by atoms with E-state index in [9.17, 15) is 13.6 Å². The number of ketones is 1. The third-order valence-electron chi connectivity index (χ3n) is 3.53. The molecule has 1 aromatic heterocycles. The zero-order valence-electron chi connectivity index (χ0n) is 13.9. The van der Waals surface area contributed by atoms with Gasteiger partial charge in [0.05, 0.1) is 10.9 Å². The number of benzene rings is 2. The fourth-order valence-electron chi connectivity index (χ4n) is 2.24. The number of Topliss-reactive ketones (excluding diaryl/α,β-unsaturated/α-hetero) is 1. The van der Waals surface area contributed by atoms with Crippen LogP contribution < -0.4 is 4.74 Å². The molecular weight excluding hydrogens is 398 g/mol. The predicted octanol–water partition coefficient (Wildman–Crippen LogP) is 4.28. The van der Waals surface area contributed by atoms with E-state index < -0.39 is 11.9 Å². The monoisotopic (exact) mass is 410 g/mol. The van der Waals surface area contributed by atoms with Crippen LogP contribution in [0.15, 0.2) is 53.7 Å². The molecule has 0 unspecified atom stereocenters. The molecule has 3 aromatic rings. The number of carbonyl (C=O) groups is 1. The first-order valence-corrected chi connectivity index (χ1v) is 9.00. The Bertz CT molecular complexity index is 919. The number of alkyl halides is 2. The molecule has 0 N–H and O–H groups in total. The molecule has 0 radical (unpaired) electrons. The Morgan fingerprint density at radius 1 is 1.15 bits per heavy atom. The first-order chi connectivity index (χ1) is 12.9. The van der Waals surface area contributed by atoms with Crippen LogP contribution >= 0.6 is 23.4 Å². The number of carbonyl (C=O) groups excluding carboxylic acids is 1. The van der Waals surface area contributed by atoms with Crippen LogP contribution in [-0.4, -0.2) is 37.9 Å². The topological polar surface area (TPSA) is 69.9 Å². The van der Waals surface area contributed by atoms with Crippen molar-refractivity contribution < 1.29 is 18.3 Å². The molecule has 0 saturated carbocycles. The van der Waals surface area contributed by atoms with Crippen LogP contribution in [0, 0.1) is 0 Å². The van der Waals surface area contributed by atoms with Crippen LogP contribution in [0.1, 0.15) is 17.3 Å². The van der Waals surface area contributed by atoms with E-state index in [-0.39, 0.29) is 11.5 Å². The summed E-state index contributed by atoms with van der Waals surface area (Å²) in [5.41, 5.74) is 1.09. The number of halogens is 3. The van der Waals surface area contributed by atoms with Crippen molar-refractivity contribution in [3.63, 3.8) is 0 Å². The molecule has 0 bridgehead atoms. The lowest BCUT2D eigenvalue weighted by Gasteiger charge is -2.11. The van der Waals surface area contributed by atoms with Crippen molar-refractivity contribution in [3.05, 3.63) is 59.1 Å². The van der Waals surface area contributed by atoms with Gasteiger partial charge in [-0.2, -0.15) is 13.5 Å². The van der Waals surface area contributed by atoms with E-state index in [1.165, 1.54) is 40.7 Å². The van der Waals surface area contributed by atoms with Gasteiger partial charge in [-0.15, -0.1) is 5.10 Å². The number of rotatable bonds is 7. The second-order valence-electron chi connectivity index (χ2n) is 5.38. The minimum atomic E-state index is -2.91. The van der Waals surface area contributed by atoms with Gasteiger partial charge >= 0.3 is 6.61 Å². The van der Waals surface area contributed by atoms with Gasteiger partial charge in [0.2, 0.25) is 5.16 Å². The second kappa shape index (κ2) is 8.45. The number of hydrogen-bond donors (Lipinski definition) is 0. The zero-order valence-corrected chi connectivity index (χ0v) is 15.5. The molecular formula is C17H13ClF2N4O2S. The van der Waals surface area contributed by atoms with Crippen molar-refractivity contribution in [2.24, 2.45) is 0 Å². The summed E-state index contributed by atoms with van der Waals surface area (Å²) in [6.07, 6.45) is 0. The largest absolute Gasteiger partial charge is 0.435 e. The van der Waals surface area contributed by atoms with Crippen molar-refractivity contribution in [3.8, 4) is 11.4 Å². The number of thioether (sulfide) groups is 1. The number of ether oxygens (including phenoxy) is 1. The summed E-state index contributed by atoms with van der Waals surface area (Å²) in [6, 6.07) is 12.5. The molecule has 6 nitrogen and oxygen atoms in total. The Morgan fingerprint density at radius 2 is 1.81 bits per heavy atom. The van der Waals surface area contributed by atoms with E-state index in [2.05, 4.69) is 20.3 Å². The zero-order chi connectivity index (χ0) is 19.4. The van der Waals surface area contributed by atoms with Gasteiger partial charge in [-0.3, -0.25) is 4.79 Å². The molecule has 1 heterocycles. The van der Waals surface area contributed by atoms with Crippen molar-refractivity contribution in [2.45, 2.75) is 23.9 Å². The first kappa shape index (κ1) is 19.2. The standard InChI is InChI=1S/C17H13ClF2N4O2S/c1-10(15(25)11-2-8-14(9-3-11)26-16(19)20)27-17-21-22-23-24(17)13-6-4-12(18)5-7-13/h2-10,16H,1H3/t10-/m0/s1. The quantitative estimate of drug-likeness (QED) is 0.427. The average Bonchev–Trinajstić information content (AvgIpc) is 3.10. The van der Waals surface area contributed by atoms with Crippen LogP contribution in [-0.2, 0) is 0 Å². The van der Waals surface area contributed by atoms with E-state index in [1.807, 2.05) is 0 Å². The molecule has 0 amide bonds. The minimum Gasteiger partial charge on any atom is -0.435 e. The van der Waals surface area contributed by atoms with E-state index in [1.54, 1.807) is 31.2 Å². The molecule has 1 atom stereocenters. The number of aromatic nitrogens is 4. The molecule has 140 valence electrons. The molecule has 0 saturated heterocycles. The summed E-state index contributed by atoms with van der Waals surface area (Å²) < 4.78 is 30.2. The lowest BCUT2D eigenvalue weighted by atomic mass is 10.1. The molecule has 0 fully saturated rings. The molecule has 0 aliphatic rings. The van der Waals surface area contributed by atoms with E-state index >= 15 is 0 Å². The smallest absolute Gasteiger partial charge is 0.387 e. The van der Waals surface area contributed by atoms with E-state index in [0.29, 0.717) is 21.4 Å². The highest BCUT2D eigenvalue weighted by Gasteiger charge is 2.21.